The SMILES string of the molecule is [2H]C([2H])([2H])N1[CH-]N(c2[c-]c(-c3cn(-c4c(C(C)C)cccc4C(C)C)c(-c4ccccc4O)n3)ccc2)c2ccccc21.[Pt+2]. The molecule has 0 atom stereocenters. The Bertz CT molecular complexity index is 1770. The van der Waals surface area contributed by atoms with Crippen LogP contribution >= 0.6 is 0 Å². The van der Waals surface area contributed by atoms with Crippen molar-refractivity contribution in [3.63, 3.8) is 0 Å². The second kappa shape index (κ2) is 11.6. The van der Waals surface area contributed by atoms with Gasteiger partial charge >= 0.3 is 21.1 Å². The number of nitrogens with zero attached hydrogens (tertiary/aromatic N) is 4. The van der Waals surface area contributed by atoms with Gasteiger partial charge in [0, 0.05) is 21.2 Å². The number of imidazole rings is 1. The fourth-order valence-corrected chi connectivity index (χ4v) is 5.37. The molecule has 6 rings (SSSR count). The molecule has 2 heterocycles. The van der Waals surface area contributed by atoms with E-state index in [-0.39, 0.29) is 38.7 Å². The molecule has 0 spiro atoms. The fraction of sp³-hybridized carbons (Fsp3) is 0.200. The largest absolute Gasteiger partial charge is 2.00 e. The van der Waals surface area contributed by atoms with Crippen LogP contribution in [0.5, 0.6) is 5.75 Å². The van der Waals surface area contributed by atoms with E-state index >= 15 is 0 Å². The Morgan fingerprint density at radius 1 is 0.829 bits per heavy atom. The van der Waals surface area contributed by atoms with Crippen LogP contribution in [0, 0.1) is 12.7 Å². The number of aromatic hydroxyl groups is 1. The molecule has 0 unspecified atom stereocenters. The number of hydrogen-bond acceptors (Lipinski definition) is 4. The molecule has 4 aromatic carbocycles. The van der Waals surface area contributed by atoms with Crippen molar-refractivity contribution in [2.75, 3.05) is 16.8 Å². The molecule has 1 aromatic heterocycles. The maximum Gasteiger partial charge on any atom is 2.00 e. The van der Waals surface area contributed by atoms with Crippen molar-refractivity contribution in [3.8, 4) is 34.1 Å². The number of phenolic OH excluding ortho intramolecular Hbond substituents is 1. The van der Waals surface area contributed by atoms with Gasteiger partial charge in [-0.15, -0.1) is 29.8 Å². The summed E-state index contributed by atoms with van der Waals surface area (Å²) < 4.78 is 26.2. The predicted octanol–water partition coefficient (Wildman–Crippen LogP) is 8.66. The van der Waals surface area contributed by atoms with E-state index in [1.807, 2.05) is 59.6 Å². The van der Waals surface area contributed by atoms with Gasteiger partial charge in [-0.25, -0.2) is 0 Å². The minimum absolute atomic E-state index is 0. The van der Waals surface area contributed by atoms with E-state index in [9.17, 15) is 5.11 Å². The van der Waals surface area contributed by atoms with E-state index in [0.29, 0.717) is 28.5 Å². The summed E-state index contributed by atoms with van der Waals surface area (Å²) in [6.45, 7) is 8.02. The summed E-state index contributed by atoms with van der Waals surface area (Å²) in [5, 5.41) is 10.9. The van der Waals surface area contributed by atoms with E-state index in [1.165, 1.54) is 16.0 Å². The van der Waals surface area contributed by atoms with Crippen LogP contribution in [0.3, 0.4) is 0 Å². The molecular weight excluding hydrogens is 687 g/mol. The molecule has 0 amide bonds. The molecule has 5 nitrogen and oxygen atoms in total. The van der Waals surface area contributed by atoms with Crippen molar-refractivity contribution in [1.29, 1.82) is 0 Å². The Morgan fingerprint density at radius 2 is 1.49 bits per heavy atom. The van der Waals surface area contributed by atoms with E-state index in [4.69, 9.17) is 9.10 Å². The second-order valence-electron chi connectivity index (χ2n) is 10.7. The zero-order valence-corrected chi connectivity index (χ0v) is 25.7. The van der Waals surface area contributed by atoms with Crippen LogP contribution in [-0.2, 0) is 21.1 Å². The molecule has 1 N–H and O–H groups in total. The molecule has 0 saturated carbocycles. The summed E-state index contributed by atoms with van der Waals surface area (Å²) >= 11 is 0. The summed E-state index contributed by atoms with van der Waals surface area (Å²) in [6, 6.07) is 30.4. The van der Waals surface area contributed by atoms with Crippen LogP contribution in [0.15, 0.2) is 91.1 Å². The number of benzene rings is 4. The fourth-order valence-electron chi connectivity index (χ4n) is 5.37. The van der Waals surface area contributed by atoms with Crippen LogP contribution in [0.2, 0.25) is 0 Å². The van der Waals surface area contributed by atoms with E-state index in [2.05, 4.69) is 56.5 Å². The van der Waals surface area contributed by atoms with Crippen LogP contribution in [-0.4, -0.2) is 21.6 Å². The third-order valence-corrected chi connectivity index (χ3v) is 7.38. The number of fused-ring (bicyclic) bond motifs is 1. The first-order valence-corrected chi connectivity index (χ1v) is 13.6. The molecule has 0 bridgehead atoms. The van der Waals surface area contributed by atoms with Crippen molar-refractivity contribution in [2.24, 2.45) is 0 Å². The van der Waals surface area contributed by atoms with Gasteiger partial charge in [-0.2, -0.15) is 6.67 Å². The Morgan fingerprint density at radius 3 is 2.17 bits per heavy atom. The van der Waals surface area contributed by atoms with Gasteiger partial charge in [0.15, 0.2) is 0 Å². The van der Waals surface area contributed by atoms with Crippen molar-refractivity contribution in [2.45, 2.75) is 39.5 Å². The Kier molecular flexibility index (Phi) is 7.04. The molecule has 1 aliphatic rings. The molecular formula is C35H34N4OPt. The van der Waals surface area contributed by atoms with Crippen molar-refractivity contribution in [1.82, 2.24) is 9.55 Å². The van der Waals surface area contributed by atoms with E-state index in [0.717, 1.165) is 16.9 Å². The number of aromatic nitrogens is 2. The topological polar surface area (TPSA) is 44.5 Å². The summed E-state index contributed by atoms with van der Waals surface area (Å²) in [5.74, 6) is 1.31. The average molecular weight is 725 g/mol. The first-order valence-electron chi connectivity index (χ1n) is 15.1. The molecule has 0 radical (unpaired) electrons. The minimum atomic E-state index is -2.33. The zero-order valence-electron chi connectivity index (χ0n) is 26.4. The van der Waals surface area contributed by atoms with E-state index in [1.54, 1.807) is 24.9 Å². The summed E-state index contributed by atoms with van der Waals surface area (Å²) in [4.78, 5) is 8.25. The molecule has 41 heavy (non-hydrogen) atoms. The summed E-state index contributed by atoms with van der Waals surface area (Å²) in [7, 11) is 0. The number of rotatable bonds is 6. The van der Waals surface area contributed by atoms with Gasteiger partial charge in [-0.05, 0) is 60.4 Å². The molecule has 0 aliphatic carbocycles. The van der Waals surface area contributed by atoms with Crippen LogP contribution in [0.25, 0.3) is 28.3 Å². The Hall–Kier alpha value is -3.82. The third-order valence-electron chi connectivity index (χ3n) is 7.38. The predicted molar refractivity (Wildman–Crippen MR) is 164 cm³/mol. The van der Waals surface area contributed by atoms with Gasteiger partial charge in [-0.1, -0.05) is 75.8 Å². The van der Waals surface area contributed by atoms with Gasteiger partial charge in [0.2, 0.25) is 0 Å². The van der Waals surface area contributed by atoms with Gasteiger partial charge in [-0.3, -0.25) is 4.98 Å². The molecule has 5 aromatic rings. The number of phenols is 1. The smallest absolute Gasteiger partial charge is 0.507 e. The molecule has 1 aliphatic heterocycles. The number of para-hydroxylation sites is 4. The standard InChI is InChI=1S/C35H34N4O.Pt/c1-23(2)27-15-11-16-28(24(3)4)34(27)38-21-30(36-35(38)29-14-6-9-19-33(29)40)25-12-10-13-26(20-25)39-22-37(5)31-17-7-8-18-32(31)39;/h6-19,21-24,40H,1-5H3;/q-2;+2/i5D3;. The van der Waals surface area contributed by atoms with Crippen LogP contribution in [0.1, 0.15) is 54.8 Å². The number of hydrogen-bond donors (Lipinski definition) is 1. The van der Waals surface area contributed by atoms with Crippen molar-refractivity contribution < 1.29 is 30.3 Å². The quantitative estimate of drug-likeness (QED) is 0.178. The van der Waals surface area contributed by atoms with Gasteiger partial charge in [0.1, 0.15) is 11.6 Å². The monoisotopic (exact) mass is 724 g/mol. The summed E-state index contributed by atoms with van der Waals surface area (Å²) in [6.07, 6.45) is 2.01. The normalized spacial score (nSPS) is 14.0. The minimum Gasteiger partial charge on any atom is -0.507 e. The maximum atomic E-state index is 10.9. The van der Waals surface area contributed by atoms with Gasteiger partial charge in [0.25, 0.3) is 0 Å². The van der Waals surface area contributed by atoms with Crippen molar-refractivity contribution in [3.05, 3.63) is 115 Å². The van der Waals surface area contributed by atoms with Crippen molar-refractivity contribution >= 4 is 17.1 Å². The molecule has 6 heteroatoms. The van der Waals surface area contributed by atoms with E-state index < -0.39 is 6.98 Å². The van der Waals surface area contributed by atoms with Crippen LogP contribution < -0.4 is 9.80 Å². The van der Waals surface area contributed by atoms with Gasteiger partial charge in [0.05, 0.1) is 11.3 Å². The molecule has 0 saturated heterocycles. The van der Waals surface area contributed by atoms with Crippen LogP contribution in [0.4, 0.5) is 17.1 Å². The maximum absolute atomic E-state index is 10.9. The molecule has 0 fully saturated rings. The zero-order chi connectivity index (χ0) is 30.5. The Balaban J connectivity index is 0.00000384. The first-order chi connectivity index (χ1) is 20.5. The van der Waals surface area contributed by atoms with Gasteiger partial charge < -0.3 is 19.5 Å². The average Bonchev–Trinajstić information content (AvgIpc) is 3.60. The summed E-state index contributed by atoms with van der Waals surface area (Å²) in [5.41, 5.74) is 7.59. The second-order valence-corrected chi connectivity index (χ2v) is 10.7. The number of anilines is 3. The third kappa shape index (κ3) is 5.20. The first kappa shape index (κ1) is 24.9. The Labute approximate surface area is 261 Å². The molecule has 210 valence electrons.